The molecule has 0 heterocycles. The van der Waals surface area contributed by atoms with Crippen LogP contribution in [0.5, 0.6) is 0 Å². The van der Waals surface area contributed by atoms with Gasteiger partial charge in [-0.3, -0.25) is 9.59 Å². The lowest BCUT2D eigenvalue weighted by Gasteiger charge is -2.58. The van der Waals surface area contributed by atoms with E-state index in [2.05, 4.69) is 10.0 Å². The summed E-state index contributed by atoms with van der Waals surface area (Å²) in [6.07, 6.45) is 3.85. The Morgan fingerprint density at radius 3 is 2.22 bits per heavy atom. The number of nitrogens with two attached hydrogens (primary N) is 1. The van der Waals surface area contributed by atoms with Gasteiger partial charge in [0.25, 0.3) is 0 Å². The van der Waals surface area contributed by atoms with Crippen LogP contribution in [0.1, 0.15) is 52.4 Å². The van der Waals surface area contributed by atoms with Crippen molar-refractivity contribution in [3.63, 3.8) is 0 Å². The van der Waals surface area contributed by atoms with E-state index in [1.54, 1.807) is 0 Å². The van der Waals surface area contributed by atoms with Gasteiger partial charge in [-0.25, -0.2) is 21.9 Å². The number of carbonyl (C=O) groups is 2. The highest BCUT2D eigenvalue weighted by Gasteiger charge is 2.58. The van der Waals surface area contributed by atoms with Crippen LogP contribution in [0.15, 0.2) is 23.1 Å². The van der Waals surface area contributed by atoms with E-state index in [1.165, 1.54) is 13.8 Å². The number of benzene rings is 1. The number of hydrogen-bond donors (Lipinski definition) is 3. The van der Waals surface area contributed by atoms with Gasteiger partial charge < -0.3 is 11.1 Å². The molecule has 10 heteroatoms. The minimum absolute atomic E-state index is 0.0806. The number of nitrogens with one attached hydrogen (secondary N) is 2. The van der Waals surface area contributed by atoms with Crippen molar-refractivity contribution in [1.29, 1.82) is 0 Å². The van der Waals surface area contributed by atoms with Crippen LogP contribution < -0.4 is 15.8 Å². The second-order valence-corrected chi connectivity index (χ2v) is 12.0. The zero-order chi connectivity index (χ0) is 23.5. The van der Waals surface area contributed by atoms with Crippen LogP contribution in [0.3, 0.4) is 0 Å². The number of hydrogen-bond acceptors (Lipinski definition) is 4. The molecule has 176 valence electrons. The molecule has 0 radical (unpaired) electrons. The predicted octanol–water partition coefficient (Wildman–Crippen LogP) is 2.21. The molecule has 4 fully saturated rings. The smallest absolute Gasteiger partial charge is 0.246 e. The van der Waals surface area contributed by atoms with Gasteiger partial charge in [0.2, 0.25) is 21.8 Å². The third kappa shape index (κ3) is 4.14. The van der Waals surface area contributed by atoms with Crippen LogP contribution in [-0.2, 0) is 19.6 Å². The average molecular weight is 470 g/mol. The fraction of sp³-hybridized carbons (Fsp3) is 0.636. The number of sulfonamides is 1. The fourth-order valence-electron chi connectivity index (χ4n) is 6.39. The standard InChI is InChI=1S/C22H29F2N3O4S/c1-21(2,27-32(30,31)19-15(23)4-3-5-16(19)24)11-17(28)26-18-13-6-12-7-14(18)10-22(8-12,9-13)20(25)29/h3-5,12-14,18,27H,6-11H2,1-2H3,(H2,25,29)(H,26,28). The topological polar surface area (TPSA) is 118 Å². The van der Waals surface area contributed by atoms with Gasteiger partial charge in [-0.2, -0.15) is 0 Å². The molecule has 2 atom stereocenters. The number of carbonyl (C=O) groups excluding carboxylic acids is 2. The molecular weight excluding hydrogens is 440 g/mol. The van der Waals surface area contributed by atoms with E-state index in [4.69, 9.17) is 5.73 Å². The van der Waals surface area contributed by atoms with E-state index in [0.717, 1.165) is 37.5 Å². The molecule has 0 spiro atoms. The largest absolute Gasteiger partial charge is 0.369 e. The molecule has 5 rings (SSSR count). The molecule has 4 N–H and O–H groups in total. The van der Waals surface area contributed by atoms with Crippen LogP contribution >= 0.6 is 0 Å². The Bertz CT molecular complexity index is 1020. The van der Waals surface area contributed by atoms with Crippen molar-refractivity contribution >= 4 is 21.8 Å². The summed E-state index contributed by atoms with van der Waals surface area (Å²) in [6.45, 7) is 2.98. The molecule has 7 nitrogen and oxygen atoms in total. The lowest BCUT2D eigenvalue weighted by Crippen LogP contribution is -2.62. The third-order valence-electron chi connectivity index (χ3n) is 7.32. The quantitative estimate of drug-likeness (QED) is 0.567. The highest BCUT2D eigenvalue weighted by Crippen LogP contribution is 2.59. The van der Waals surface area contributed by atoms with Gasteiger partial charge >= 0.3 is 0 Å². The Hall–Kier alpha value is -2.07. The first-order valence-corrected chi connectivity index (χ1v) is 12.4. The number of rotatable bonds is 7. The molecule has 0 saturated heterocycles. The zero-order valence-electron chi connectivity index (χ0n) is 18.2. The highest BCUT2D eigenvalue weighted by atomic mass is 32.2. The summed E-state index contributed by atoms with van der Waals surface area (Å²) in [6, 6.07) is 2.73. The Morgan fingerprint density at radius 1 is 1.12 bits per heavy atom. The summed E-state index contributed by atoms with van der Waals surface area (Å²) in [5.41, 5.74) is 3.96. The molecule has 4 aliphatic carbocycles. The lowest BCUT2D eigenvalue weighted by atomic mass is 9.47. The molecule has 2 amide bonds. The summed E-state index contributed by atoms with van der Waals surface area (Å²) in [7, 11) is -4.52. The van der Waals surface area contributed by atoms with Crippen LogP contribution in [0.2, 0.25) is 0 Å². The maximum absolute atomic E-state index is 14.0. The van der Waals surface area contributed by atoms with Gasteiger partial charge in [-0.1, -0.05) is 6.07 Å². The fourth-order valence-corrected chi connectivity index (χ4v) is 7.94. The van der Waals surface area contributed by atoms with E-state index >= 15 is 0 Å². The van der Waals surface area contributed by atoms with Gasteiger partial charge in [0.1, 0.15) is 11.6 Å². The van der Waals surface area contributed by atoms with Crippen LogP contribution in [0, 0.1) is 34.8 Å². The Labute approximate surface area is 186 Å². The maximum Gasteiger partial charge on any atom is 0.246 e. The van der Waals surface area contributed by atoms with Crippen molar-refractivity contribution in [1.82, 2.24) is 10.0 Å². The first-order chi connectivity index (χ1) is 14.8. The molecule has 0 aromatic heterocycles. The second kappa shape index (κ2) is 7.76. The van der Waals surface area contributed by atoms with Crippen LogP contribution in [-0.4, -0.2) is 31.8 Å². The second-order valence-electron chi connectivity index (χ2n) is 10.4. The van der Waals surface area contributed by atoms with Crippen molar-refractivity contribution in [2.75, 3.05) is 0 Å². The Kier molecular flexibility index (Phi) is 5.60. The summed E-state index contributed by atoms with van der Waals surface area (Å²) >= 11 is 0. The zero-order valence-corrected chi connectivity index (χ0v) is 19.0. The van der Waals surface area contributed by atoms with Crippen molar-refractivity contribution < 1.29 is 26.8 Å². The summed E-state index contributed by atoms with van der Waals surface area (Å²) in [5, 5.41) is 3.05. The molecule has 32 heavy (non-hydrogen) atoms. The number of amides is 2. The number of primary amides is 1. The first-order valence-electron chi connectivity index (χ1n) is 10.9. The van der Waals surface area contributed by atoms with E-state index < -0.39 is 37.5 Å². The third-order valence-corrected chi connectivity index (χ3v) is 9.07. The van der Waals surface area contributed by atoms with Crippen LogP contribution in [0.4, 0.5) is 8.78 Å². The summed E-state index contributed by atoms with van der Waals surface area (Å²) in [5.74, 6) is -2.21. The van der Waals surface area contributed by atoms with Crippen molar-refractivity contribution in [3.05, 3.63) is 29.8 Å². The van der Waals surface area contributed by atoms with Gasteiger partial charge in [0.15, 0.2) is 4.90 Å². The molecule has 0 aliphatic heterocycles. The normalized spacial score (nSPS) is 31.5. The minimum atomic E-state index is -4.52. The summed E-state index contributed by atoms with van der Waals surface area (Å²) < 4.78 is 55.4. The molecule has 1 aromatic rings. The molecule has 4 bridgehead atoms. The van der Waals surface area contributed by atoms with Gasteiger partial charge in [0, 0.05) is 23.4 Å². The SMILES string of the molecule is CC(C)(CC(=O)NC1C2CC3CC1CC(C(N)=O)(C3)C2)NS(=O)(=O)c1c(F)cccc1F. The van der Waals surface area contributed by atoms with E-state index in [-0.39, 0.29) is 36.1 Å². The molecule has 1 aromatic carbocycles. The van der Waals surface area contributed by atoms with Crippen molar-refractivity contribution in [3.8, 4) is 0 Å². The Balaban J connectivity index is 1.43. The molecule has 4 aliphatic rings. The van der Waals surface area contributed by atoms with E-state index in [1.807, 2.05) is 0 Å². The van der Waals surface area contributed by atoms with Gasteiger partial charge in [0.05, 0.1) is 0 Å². The van der Waals surface area contributed by atoms with Crippen molar-refractivity contribution in [2.24, 2.45) is 28.9 Å². The van der Waals surface area contributed by atoms with Crippen molar-refractivity contribution in [2.45, 2.75) is 68.8 Å². The molecular formula is C22H29F2N3O4S. The van der Waals surface area contributed by atoms with Gasteiger partial charge in [-0.15, -0.1) is 0 Å². The van der Waals surface area contributed by atoms with E-state index in [0.29, 0.717) is 18.8 Å². The number of halogens is 2. The molecule has 4 saturated carbocycles. The minimum Gasteiger partial charge on any atom is -0.369 e. The summed E-state index contributed by atoms with van der Waals surface area (Å²) in [4.78, 5) is 23.9. The van der Waals surface area contributed by atoms with Gasteiger partial charge in [-0.05, 0) is 75.8 Å². The average Bonchev–Trinajstić information content (AvgIpc) is 2.62. The lowest BCUT2D eigenvalue weighted by molar-refractivity contribution is -0.147. The maximum atomic E-state index is 14.0. The Morgan fingerprint density at radius 2 is 1.69 bits per heavy atom. The predicted molar refractivity (Wildman–Crippen MR) is 112 cm³/mol. The van der Waals surface area contributed by atoms with E-state index in [9.17, 15) is 26.8 Å². The monoisotopic (exact) mass is 469 g/mol. The molecule has 2 unspecified atom stereocenters. The first kappa shape index (κ1) is 23.1. The highest BCUT2D eigenvalue weighted by molar-refractivity contribution is 7.89. The van der Waals surface area contributed by atoms with Crippen LogP contribution in [0.25, 0.3) is 0 Å².